The number of aliphatic carboxylic acids is 1. The van der Waals surface area contributed by atoms with Gasteiger partial charge in [-0.2, -0.15) is 0 Å². The normalized spacial score (nSPS) is 15.8. The second kappa shape index (κ2) is 12.9. The van der Waals surface area contributed by atoms with Gasteiger partial charge in [0.15, 0.2) is 0 Å². The quantitative estimate of drug-likeness (QED) is 0.248. The van der Waals surface area contributed by atoms with Crippen molar-refractivity contribution in [1.29, 1.82) is 0 Å². The number of carboxylic acid groups (broad SMARTS) is 1. The van der Waals surface area contributed by atoms with Gasteiger partial charge < -0.3 is 31.9 Å². The minimum absolute atomic E-state index is 0.0782. The van der Waals surface area contributed by atoms with E-state index in [9.17, 15) is 29.4 Å². The first-order chi connectivity index (χ1) is 15.3. The number of nitrogens with one attached hydrogen (secondary N) is 3. The minimum atomic E-state index is -1.35. The first-order valence-corrected chi connectivity index (χ1v) is 11.0. The zero-order chi connectivity index (χ0) is 25.3. The van der Waals surface area contributed by atoms with Crippen LogP contribution in [0, 0.1) is 11.8 Å². The Bertz CT molecular complexity index is 812. The molecule has 33 heavy (non-hydrogen) atoms. The average molecular weight is 465 g/mol. The van der Waals surface area contributed by atoms with Crippen molar-refractivity contribution in [2.45, 2.75) is 71.3 Å². The van der Waals surface area contributed by atoms with E-state index in [2.05, 4.69) is 16.0 Å². The van der Waals surface area contributed by atoms with Gasteiger partial charge in [-0.15, -0.1) is 0 Å². The van der Waals surface area contributed by atoms with Gasteiger partial charge >= 0.3 is 5.97 Å². The van der Waals surface area contributed by atoms with Crippen molar-refractivity contribution >= 4 is 23.7 Å². The lowest BCUT2D eigenvalue weighted by Gasteiger charge is -2.27. The number of aliphatic hydroxyl groups excluding tert-OH is 1. The van der Waals surface area contributed by atoms with Gasteiger partial charge in [-0.3, -0.25) is 14.4 Å². The maximum atomic E-state index is 13.0. The van der Waals surface area contributed by atoms with Crippen LogP contribution in [0.15, 0.2) is 30.3 Å². The Morgan fingerprint density at radius 2 is 1.36 bits per heavy atom. The molecule has 1 aromatic rings. The molecule has 3 amide bonds. The second-order valence-electron chi connectivity index (χ2n) is 8.82. The predicted molar refractivity (Wildman–Crippen MR) is 123 cm³/mol. The van der Waals surface area contributed by atoms with Crippen LogP contribution in [0.2, 0.25) is 0 Å². The summed E-state index contributed by atoms with van der Waals surface area (Å²) in [6.45, 7) is 8.13. The highest BCUT2D eigenvalue weighted by atomic mass is 16.4. The summed E-state index contributed by atoms with van der Waals surface area (Å²) >= 11 is 0. The first kappa shape index (κ1) is 28.1. The highest BCUT2D eigenvalue weighted by Crippen LogP contribution is 2.08. The number of amides is 3. The number of hydrogen-bond donors (Lipinski definition) is 6. The van der Waals surface area contributed by atoms with Crippen LogP contribution in [0.4, 0.5) is 0 Å². The Labute approximate surface area is 194 Å². The fourth-order valence-electron chi connectivity index (χ4n) is 3.05. The van der Waals surface area contributed by atoms with Gasteiger partial charge in [0.05, 0.1) is 12.1 Å². The van der Waals surface area contributed by atoms with Crippen molar-refractivity contribution in [2.75, 3.05) is 0 Å². The summed E-state index contributed by atoms with van der Waals surface area (Å²) in [5.41, 5.74) is 6.56. The monoisotopic (exact) mass is 464 g/mol. The molecular formula is C23H36N4O6. The van der Waals surface area contributed by atoms with Crippen LogP contribution < -0.4 is 21.7 Å². The van der Waals surface area contributed by atoms with Crippen molar-refractivity contribution in [3.63, 3.8) is 0 Å². The van der Waals surface area contributed by atoms with Crippen molar-refractivity contribution in [3.05, 3.63) is 35.9 Å². The lowest BCUT2D eigenvalue weighted by molar-refractivity contribution is -0.143. The third kappa shape index (κ3) is 8.82. The third-order valence-corrected chi connectivity index (χ3v) is 5.23. The van der Waals surface area contributed by atoms with Crippen LogP contribution in [0.1, 0.15) is 40.2 Å². The van der Waals surface area contributed by atoms with Crippen molar-refractivity contribution in [3.8, 4) is 0 Å². The number of benzene rings is 1. The SMILES string of the molecule is CC(C)C(N)C(=O)NC(C(=O)NC(Cc1ccccc1)C(=O)NC(C(=O)O)C(C)C)C(C)O. The van der Waals surface area contributed by atoms with Gasteiger partial charge in [0.2, 0.25) is 17.7 Å². The maximum Gasteiger partial charge on any atom is 0.326 e. The van der Waals surface area contributed by atoms with Crippen LogP contribution in [-0.4, -0.2) is 64.2 Å². The van der Waals surface area contributed by atoms with Gasteiger partial charge in [0.25, 0.3) is 0 Å². The number of nitrogens with two attached hydrogens (primary N) is 1. The lowest BCUT2D eigenvalue weighted by Crippen LogP contribution is -2.60. The molecule has 5 unspecified atom stereocenters. The Balaban J connectivity index is 3.10. The summed E-state index contributed by atoms with van der Waals surface area (Å²) in [6.07, 6.45) is -1.19. The number of hydrogen-bond acceptors (Lipinski definition) is 6. The molecule has 1 aromatic carbocycles. The standard InChI is InChI=1S/C23H36N4O6/c1-12(2)17(24)21(30)27-19(14(5)28)22(31)25-16(11-15-9-7-6-8-10-15)20(29)26-18(13(3)4)23(32)33/h6-10,12-14,16-19,28H,11,24H2,1-5H3,(H,25,31)(H,26,29)(H,27,30)(H,32,33). The molecule has 0 radical (unpaired) electrons. The van der Waals surface area contributed by atoms with Crippen LogP contribution in [0.5, 0.6) is 0 Å². The molecule has 10 nitrogen and oxygen atoms in total. The molecule has 0 spiro atoms. The molecule has 0 aliphatic carbocycles. The van der Waals surface area contributed by atoms with E-state index in [0.29, 0.717) is 0 Å². The Hall–Kier alpha value is -2.98. The van der Waals surface area contributed by atoms with Gasteiger partial charge in [0.1, 0.15) is 18.1 Å². The molecule has 0 saturated carbocycles. The summed E-state index contributed by atoms with van der Waals surface area (Å²) in [7, 11) is 0. The van der Waals surface area contributed by atoms with Gasteiger partial charge in [0, 0.05) is 6.42 Å². The molecule has 0 aliphatic heterocycles. The summed E-state index contributed by atoms with van der Waals surface area (Å²) < 4.78 is 0. The zero-order valence-electron chi connectivity index (χ0n) is 19.7. The van der Waals surface area contributed by atoms with Crippen LogP contribution in [0.25, 0.3) is 0 Å². The molecule has 10 heteroatoms. The molecule has 0 fully saturated rings. The predicted octanol–water partition coefficient (Wildman–Crippen LogP) is -0.212. The van der Waals surface area contributed by atoms with Gasteiger partial charge in [-0.1, -0.05) is 58.0 Å². The van der Waals surface area contributed by atoms with Crippen molar-refractivity contribution in [1.82, 2.24) is 16.0 Å². The molecule has 0 aliphatic rings. The molecule has 0 bridgehead atoms. The smallest absolute Gasteiger partial charge is 0.326 e. The number of carbonyl (C=O) groups is 4. The largest absolute Gasteiger partial charge is 0.480 e. The fraction of sp³-hybridized carbons (Fsp3) is 0.565. The van der Waals surface area contributed by atoms with Crippen LogP contribution in [-0.2, 0) is 25.6 Å². The fourth-order valence-corrected chi connectivity index (χ4v) is 3.05. The molecule has 7 N–H and O–H groups in total. The van der Waals surface area contributed by atoms with Crippen molar-refractivity contribution in [2.24, 2.45) is 17.6 Å². The Morgan fingerprint density at radius 1 is 0.818 bits per heavy atom. The van der Waals surface area contributed by atoms with E-state index in [1.807, 2.05) is 0 Å². The molecule has 5 atom stereocenters. The highest BCUT2D eigenvalue weighted by molar-refractivity contribution is 5.94. The number of carbonyl (C=O) groups excluding carboxylic acids is 3. The van der Waals surface area contributed by atoms with E-state index in [-0.39, 0.29) is 18.3 Å². The molecule has 184 valence electrons. The average Bonchev–Trinajstić information content (AvgIpc) is 2.74. The molecule has 0 heterocycles. The summed E-state index contributed by atoms with van der Waals surface area (Å²) in [6, 6.07) is 4.34. The van der Waals surface area contributed by atoms with Crippen molar-refractivity contribution < 1.29 is 29.4 Å². The maximum absolute atomic E-state index is 13.0. The topological polar surface area (TPSA) is 171 Å². The lowest BCUT2D eigenvalue weighted by atomic mass is 10.0. The molecule has 0 saturated heterocycles. The molecular weight excluding hydrogens is 428 g/mol. The van der Waals surface area contributed by atoms with E-state index < -0.39 is 54.0 Å². The van der Waals surface area contributed by atoms with E-state index >= 15 is 0 Å². The van der Waals surface area contributed by atoms with E-state index in [1.165, 1.54) is 6.92 Å². The number of carboxylic acids is 1. The molecule has 1 rings (SSSR count). The van der Waals surface area contributed by atoms with Gasteiger partial charge in [-0.05, 0) is 24.3 Å². The first-order valence-electron chi connectivity index (χ1n) is 11.0. The van der Waals surface area contributed by atoms with Gasteiger partial charge in [-0.25, -0.2) is 4.79 Å². The zero-order valence-corrected chi connectivity index (χ0v) is 19.7. The number of aliphatic hydroxyl groups is 1. The third-order valence-electron chi connectivity index (χ3n) is 5.23. The molecule has 0 aromatic heterocycles. The summed E-state index contributed by atoms with van der Waals surface area (Å²) in [4.78, 5) is 49.8. The summed E-state index contributed by atoms with van der Waals surface area (Å²) in [5, 5.41) is 26.9. The number of rotatable bonds is 12. The minimum Gasteiger partial charge on any atom is -0.480 e. The van der Waals surface area contributed by atoms with Crippen LogP contribution in [0.3, 0.4) is 0 Å². The van der Waals surface area contributed by atoms with Crippen LogP contribution >= 0.6 is 0 Å². The van der Waals surface area contributed by atoms with E-state index in [0.717, 1.165) is 5.56 Å². The Kier molecular flexibility index (Phi) is 11.0. The summed E-state index contributed by atoms with van der Waals surface area (Å²) in [5.74, 6) is -3.87. The second-order valence-corrected chi connectivity index (χ2v) is 8.82. The van der Waals surface area contributed by atoms with E-state index in [4.69, 9.17) is 5.73 Å². The Morgan fingerprint density at radius 3 is 1.82 bits per heavy atom. The highest BCUT2D eigenvalue weighted by Gasteiger charge is 2.33. The van der Waals surface area contributed by atoms with E-state index in [1.54, 1.807) is 58.0 Å².